The van der Waals surface area contributed by atoms with Crippen molar-refractivity contribution in [2.75, 3.05) is 20.6 Å². The van der Waals surface area contributed by atoms with Crippen molar-refractivity contribution < 1.29 is 47.4 Å². The fourth-order valence-corrected chi connectivity index (χ4v) is 5.10. The van der Waals surface area contributed by atoms with E-state index in [9.17, 15) is 37.5 Å². The number of nitrogens with one attached hydrogen (secondary N) is 3. The number of aliphatic imine (C=N–C) groups is 1. The third-order valence-corrected chi connectivity index (χ3v) is 7.83. The number of nitrogens with zero attached hydrogens (tertiary/aromatic N) is 2. The van der Waals surface area contributed by atoms with E-state index in [0.29, 0.717) is 30.4 Å². The summed E-state index contributed by atoms with van der Waals surface area (Å²) in [5, 5.41) is 30.0. The molecule has 2 rings (SSSR count). The van der Waals surface area contributed by atoms with Crippen molar-refractivity contribution in [3.05, 3.63) is 35.4 Å². The molecule has 1 aromatic carbocycles. The van der Waals surface area contributed by atoms with Gasteiger partial charge in [0.25, 0.3) is 0 Å². The first kappa shape index (κ1) is 41.1. The summed E-state index contributed by atoms with van der Waals surface area (Å²) in [6.07, 6.45) is -0.529. The summed E-state index contributed by atoms with van der Waals surface area (Å²) in [6, 6.07) is 5.48. The molecule has 15 nitrogen and oxygen atoms in total. The monoisotopic (exact) mass is 686 g/mol. The zero-order valence-electron chi connectivity index (χ0n) is 27.1. The van der Waals surface area contributed by atoms with E-state index >= 15 is 0 Å². The Morgan fingerprint density at radius 1 is 1.02 bits per heavy atom. The number of carbonyl (C=O) groups is 5. The smallest absolute Gasteiger partial charge is 0.480 e. The van der Waals surface area contributed by atoms with Gasteiger partial charge in [0.05, 0.1) is 0 Å². The van der Waals surface area contributed by atoms with Crippen LogP contribution in [0.25, 0.3) is 0 Å². The van der Waals surface area contributed by atoms with E-state index in [1.807, 2.05) is 0 Å². The lowest BCUT2D eigenvalue weighted by molar-refractivity contribution is -0.192. The zero-order valence-corrected chi connectivity index (χ0v) is 27.1. The molecule has 11 N–H and O–H groups in total. The maximum Gasteiger partial charge on any atom is 0.490 e. The Morgan fingerprint density at radius 2 is 1.56 bits per heavy atom. The van der Waals surface area contributed by atoms with Crippen LogP contribution in [-0.4, -0.2) is 95.0 Å². The van der Waals surface area contributed by atoms with E-state index in [-0.39, 0.29) is 37.1 Å². The van der Waals surface area contributed by atoms with Gasteiger partial charge in [0, 0.05) is 26.2 Å². The third kappa shape index (κ3) is 13.1. The van der Waals surface area contributed by atoms with Gasteiger partial charge >= 0.3 is 18.1 Å². The highest BCUT2D eigenvalue weighted by Crippen LogP contribution is 2.33. The number of nitrogens with two attached hydrogens (primary N) is 3. The van der Waals surface area contributed by atoms with Crippen molar-refractivity contribution in [2.45, 2.75) is 76.0 Å². The summed E-state index contributed by atoms with van der Waals surface area (Å²) in [5.74, 6) is -7.24. The Labute approximate surface area is 276 Å². The Balaban J connectivity index is 0.00000148. The minimum absolute atomic E-state index is 0.0614. The average Bonchev–Trinajstić information content (AvgIpc) is 3.00. The number of halogens is 3. The van der Waals surface area contributed by atoms with E-state index < -0.39 is 53.3 Å². The van der Waals surface area contributed by atoms with E-state index in [0.717, 1.165) is 19.3 Å². The highest BCUT2D eigenvalue weighted by atomic mass is 19.4. The Bertz CT molecular complexity index is 1330. The van der Waals surface area contributed by atoms with Crippen LogP contribution >= 0.6 is 0 Å². The Morgan fingerprint density at radius 3 is 2.00 bits per heavy atom. The molecule has 0 aromatic heterocycles. The van der Waals surface area contributed by atoms with E-state index in [1.165, 1.54) is 4.90 Å². The lowest BCUT2D eigenvalue weighted by Crippen LogP contribution is -2.64. The second-order valence-corrected chi connectivity index (χ2v) is 11.7. The minimum atomic E-state index is -5.08. The van der Waals surface area contributed by atoms with Crippen molar-refractivity contribution >= 4 is 41.5 Å². The highest BCUT2D eigenvalue weighted by molar-refractivity contribution is 6.03. The molecule has 0 radical (unpaired) electrons. The van der Waals surface area contributed by atoms with Gasteiger partial charge in [0.15, 0.2) is 5.96 Å². The zero-order chi connectivity index (χ0) is 36.8. The summed E-state index contributed by atoms with van der Waals surface area (Å²) < 4.78 is 31.7. The number of amidine groups is 1. The summed E-state index contributed by atoms with van der Waals surface area (Å²) in [5.41, 5.74) is 15.9. The lowest BCUT2D eigenvalue weighted by Gasteiger charge is -2.40. The topological polar surface area (TPSA) is 267 Å². The van der Waals surface area contributed by atoms with Crippen molar-refractivity contribution in [2.24, 2.45) is 34.0 Å². The van der Waals surface area contributed by atoms with Crippen LogP contribution in [0.4, 0.5) is 13.2 Å². The van der Waals surface area contributed by atoms with Gasteiger partial charge in [-0.25, -0.2) is 9.59 Å². The molecule has 1 fully saturated rings. The summed E-state index contributed by atoms with van der Waals surface area (Å²) >= 11 is 0. The molecule has 1 aliphatic carbocycles. The Kier molecular flexibility index (Phi) is 15.8. The van der Waals surface area contributed by atoms with Gasteiger partial charge in [-0.05, 0) is 50.5 Å². The standard InChI is InChI=1S/C28H44N8O5.C2HF3O2/c1-28(19-8-5-4-6-9-19,26(41)34-21(25(39)40)10-7-15-33-27(31)32)35-23(37)20(24(38)36(2)3)16-17-11-13-18(14-12-17)22(29)30;3-2(4,5)1(6)7/h11-14,19-21H,4-10,15-16H2,1-3H3,(H3,29,30)(H,34,41)(H,35,37)(H,39,40)(H4,31,32,33);(H,6,7)/t20-,21?,28-;/m0./s1. The number of hydrogen-bond acceptors (Lipinski definition) is 7. The number of amides is 3. The predicted octanol–water partition coefficient (Wildman–Crippen LogP) is 0.929. The number of aliphatic carboxylic acids is 2. The normalized spacial score (nSPS) is 15.6. The van der Waals surface area contributed by atoms with E-state index in [4.69, 9.17) is 32.5 Å². The number of carbonyl (C=O) groups excluding carboxylic acids is 3. The number of alkyl halides is 3. The second kappa shape index (κ2) is 18.4. The first-order valence-electron chi connectivity index (χ1n) is 15.1. The maximum atomic E-state index is 13.8. The van der Waals surface area contributed by atoms with Crippen molar-refractivity contribution in [3.63, 3.8) is 0 Å². The number of carboxylic acids is 2. The number of nitrogen functional groups attached to an aromatic ring is 1. The molecule has 1 saturated carbocycles. The van der Waals surface area contributed by atoms with Gasteiger partial charge in [0.1, 0.15) is 23.3 Å². The average molecular weight is 687 g/mol. The largest absolute Gasteiger partial charge is 0.490 e. The molecule has 1 aliphatic rings. The van der Waals surface area contributed by atoms with E-state index in [1.54, 1.807) is 45.3 Å². The van der Waals surface area contributed by atoms with Gasteiger partial charge < -0.3 is 42.9 Å². The molecule has 0 spiro atoms. The van der Waals surface area contributed by atoms with Crippen LogP contribution in [0.1, 0.15) is 63.0 Å². The number of hydrogen-bond donors (Lipinski definition) is 8. The molecule has 0 bridgehead atoms. The quantitative estimate of drug-likeness (QED) is 0.0594. The Hall–Kier alpha value is -4.90. The molecule has 48 heavy (non-hydrogen) atoms. The molecule has 0 aliphatic heterocycles. The summed E-state index contributed by atoms with van der Waals surface area (Å²) in [4.78, 5) is 66.7. The maximum absolute atomic E-state index is 13.8. The molecule has 3 amide bonds. The van der Waals surface area contributed by atoms with Crippen LogP contribution in [0.3, 0.4) is 0 Å². The molecule has 18 heteroatoms. The first-order valence-corrected chi connectivity index (χ1v) is 15.1. The van der Waals surface area contributed by atoms with Crippen LogP contribution in [0, 0.1) is 17.2 Å². The molecule has 0 heterocycles. The van der Waals surface area contributed by atoms with E-state index in [2.05, 4.69) is 15.6 Å². The molecule has 268 valence electrons. The number of carboxylic acid groups (broad SMARTS) is 2. The fourth-order valence-electron chi connectivity index (χ4n) is 5.10. The van der Waals surface area contributed by atoms with Gasteiger partial charge in [-0.1, -0.05) is 43.5 Å². The second-order valence-electron chi connectivity index (χ2n) is 11.7. The van der Waals surface area contributed by atoms with Crippen molar-refractivity contribution in [1.82, 2.24) is 15.5 Å². The van der Waals surface area contributed by atoms with Gasteiger partial charge in [0.2, 0.25) is 17.7 Å². The molecular formula is C30H45F3N8O7. The van der Waals surface area contributed by atoms with Crippen LogP contribution in [0.5, 0.6) is 0 Å². The highest BCUT2D eigenvalue weighted by Gasteiger charge is 2.46. The van der Waals surface area contributed by atoms with Crippen molar-refractivity contribution in [1.29, 1.82) is 5.41 Å². The summed E-state index contributed by atoms with van der Waals surface area (Å²) in [7, 11) is 3.10. The van der Waals surface area contributed by atoms with Crippen LogP contribution in [0.15, 0.2) is 29.3 Å². The predicted molar refractivity (Wildman–Crippen MR) is 170 cm³/mol. The minimum Gasteiger partial charge on any atom is -0.480 e. The molecule has 1 aromatic rings. The molecule has 3 atom stereocenters. The van der Waals surface area contributed by atoms with Crippen LogP contribution in [-0.2, 0) is 30.4 Å². The van der Waals surface area contributed by atoms with Crippen LogP contribution < -0.4 is 27.8 Å². The first-order chi connectivity index (χ1) is 22.2. The summed E-state index contributed by atoms with van der Waals surface area (Å²) in [6.45, 7) is 1.81. The molecule has 1 unspecified atom stereocenters. The molecule has 0 saturated heterocycles. The lowest BCUT2D eigenvalue weighted by atomic mass is 9.74. The number of guanidine groups is 1. The SMILES string of the molecule is CN(C)C(=O)[C@@H](Cc1ccc(C(=N)N)cc1)C(=O)N[C@](C)(C(=O)NC(CCCN=C(N)N)C(=O)O)C1CCCCC1.O=C(O)C(F)(F)F. The fraction of sp³-hybridized carbons (Fsp3) is 0.567. The van der Waals surface area contributed by atoms with Gasteiger partial charge in [-0.2, -0.15) is 13.2 Å². The molecular weight excluding hydrogens is 641 g/mol. The van der Waals surface area contributed by atoms with Crippen molar-refractivity contribution in [3.8, 4) is 0 Å². The number of benzene rings is 1. The van der Waals surface area contributed by atoms with Crippen LogP contribution in [0.2, 0.25) is 0 Å². The number of rotatable bonds is 14. The van der Waals surface area contributed by atoms with Gasteiger partial charge in [-0.15, -0.1) is 0 Å². The van der Waals surface area contributed by atoms with Gasteiger partial charge in [-0.3, -0.25) is 24.8 Å². The third-order valence-electron chi connectivity index (χ3n) is 7.83.